The first-order valence-electron chi connectivity index (χ1n) is 9.43. The lowest BCUT2D eigenvalue weighted by molar-refractivity contribution is -0.121. The lowest BCUT2D eigenvalue weighted by atomic mass is 10.3. The van der Waals surface area contributed by atoms with Crippen molar-refractivity contribution in [1.82, 2.24) is 15.2 Å². The summed E-state index contributed by atoms with van der Waals surface area (Å²) in [4.78, 5) is 18.9. The summed E-state index contributed by atoms with van der Waals surface area (Å²) in [6.45, 7) is -0.369. The van der Waals surface area contributed by atoms with E-state index in [4.69, 9.17) is 16.4 Å². The predicted octanol–water partition coefficient (Wildman–Crippen LogP) is 2.98. The zero-order valence-electron chi connectivity index (χ0n) is 16.8. The molecule has 0 saturated heterocycles. The smallest absolute Gasteiger partial charge is 0.265 e. The monoisotopic (exact) mass is 471 g/mol. The number of sulfonamides is 1. The van der Waals surface area contributed by atoms with Gasteiger partial charge in [0.2, 0.25) is 0 Å². The lowest BCUT2D eigenvalue weighted by Crippen LogP contribution is -2.27. The van der Waals surface area contributed by atoms with Gasteiger partial charge in [0.05, 0.1) is 10.6 Å². The molecule has 1 heterocycles. The third-order valence-corrected chi connectivity index (χ3v) is 6.61. The molecule has 1 N–H and O–H groups in total. The molecule has 9 nitrogen and oxygen atoms in total. The number of carbonyl (C=O) groups excluding carboxylic acids is 1. The van der Waals surface area contributed by atoms with Crippen LogP contribution in [0.4, 0.5) is 11.4 Å². The molecular weight excluding hydrogens is 454 g/mol. The van der Waals surface area contributed by atoms with E-state index in [-0.39, 0.29) is 11.5 Å². The molecule has 1 aromatic heterocycles. The van der Waals surface area contributed by atoms with Crippen molar-refractivity contribution in [2.75, 3.05) is 23.3 Å². The minimum atomic E-state index is -3.81. The van der Waals surface area contributed by atoms with Crippen LogP contribution in [0.5, 0.6) is 0 Å². The largest absolute Gasteiger partial charge is 0.385 e. The number of rotatable bonds is 7. The summed E-state index contributed by atoms with van der Waals surface area (Å²) in [5.41, 5.74) is 1.92. The first-order valence-corrected chi connectivity index (χ1v) is 11.2. The van der Waals surface area contributed by atoms with Crippen LogP contribution in [0.25, 0.3) is 11.0 Å². The van der Waals surface area contributed by atoms with Crippen molar-refractivity contribution in [3.8, 4) is 0 Å². The molecule has 0 aliphatic heterocycles. The van der Waals surface area contributed by atoms with Crippen molar-refractivity contribution in [1.29, 1.82) is 0 Å². The summed E-state index contributed by atoms with van der Waals surface area (Å²) in [6, 6.07) is 19.7. The number of hydrogen-bond donors (Lipinski definition) is 1. The van der Waals surface area contributed by atoms with E-state index in [1.807, 2.05) is 0 Å². The highest BCUT2D eigenvalue weighted by Gasteiger charge is 2.21. The van der Waals surface area contributed by atoms with E-state index in [2.05, 4.69) is 15.6 Å². The molecule has 0 spiro atoms. The quantitative estimate of drug-likeness (QED) is 0.444. The Morgan fingerprint density at radius 2 is 1.88 bits per heavy atom. The van der Waals surface area contributed by atoms with Crippen LogP contribution in [0.15, 0.2) is 77.7 Å². The number of nitrogens with one attached hydrogen (secondary N) is 1. The van der Waals surface area contributed by atoms with Gasteiger partial charge >= 0.3 is 0 Å². The van der Waals surface area contributed by atoms with Gasteiger partial charge in [-0.15, -0.1) is 5.10 Å². The molecule has 0 radical (unpaired) electrons. The predicted molar refractivity (Wildman–Crippen MR) is 121 cm³/mol. The third-order valence-electron chi connectivity index (χ3n) is 4.59. The number of nitrogens with zero attached hydrogens (tertiary/aromatic N) is 4. The Labute approximate surface area is 189 Å². The van der Waals surface area contributed by atoms with Gasteiger partial charge in [0, 0.05) is 17.8 Å². The Hall–Kier alpha value is -3.63. The van der Waals surface area contributed by atoms with Gasteiger partial charge in [-0.1, -0.05) is 40.7 Å². The van der Waals surface area contributed by atoms with Gasteiger partial charge in [-0.05, 0) is 53.7 Å². The number of carbonyl (C=O) groups is 1. The number of halogens is 1. The highest BCUT2D eigenvalue weighted by Crippen LogP contribution is 2.23. The molecule has 0 fully saturated rings. The lowest BCUT2D eigenvalue weighted by Gasteiger charge is -2.19. The van der Waals surface area contributed by atoms with Gasteiger partial charge in [-0.25, -0.2) is 8.42 Å². The van der Waals surface area contributed by atoms with Crippen LogP contribution < -0.4 is 14.5 Å². The summed E-state index contributed by atoms with van der Waals surface area (Å²) >= 11 is 5.97. The van der Waals surface area contributed by atoms with Crippen molar-refractivity contribution >= 4 is 49.9 Å². The summed E-state index contributed by atoms with van der Waals surface area (Å²) < 4.78 is 27.1. The van der Waals surface area contributed by atoms with Gasteiger partial charge in [0.1, 0.15) is 11.0 Å². The molecule has 0 saturated carbocycles. The highest BCUT2D eigenvalue weighted by atomic mass is 35.5. The highest BCUT2D eigenvalue weighted by molar-refractivity contribution is 7.92. The van der Waals surface area contributed by atoms with Crippen molar-refractivity contribution in [2.24, 2.45) is 0 Å². The number of benzene rings is 3. The molecule has 0 bridgehead atoms. The number of amides is 1. The number of hydrogen-bond acceptors (Lipinski definition) is 6. The number of fused-ring (bicyclic) bond motifs is 1. The molecule has 0 unspecified atom stereocenters. The van der Waals surface area contributed by atoms with Crippen LogP contribution in [-0.4, -0.2) is 43.1 Å². The number of aromatic nitrogens is 3. The van der Waals surface area contributed by atoms with Crippen LogP contribution in [0.3, 0.4) is 0 Å². The Morgan fingerprint density at radius 1 is 1.09 bits per heavy atom. The van der Waals surface area contributed by atoms with Gasteiger partial charge in [0.15, 0.2) is 6.61 Å². The molecular formula is C21H18ClN5O4S. The third kappa shape index (κ3) is 4.51. The normalized spacial score (nSPS) is 11.3. The first kappa shape index (κ1) is 21.6. The molecule has 4 rings (SSSR count). The minimum absolute atomic E-state index is 0.0412. The standard InChI is InChI=1S/C21H18ClN5O4S/c1-26(17-7-3-2-4-8-17)32(29,30)18-9-5-6-16(13-18)23-21(28)14-31-27-20-12-15(22)10-11-19(20)24-25-27/h2-13H,14H2,1H3,(H,23,28). The number of para-hydroxylation sites is 1. The fourth-order valence-electron chi connectivity index (χ4n) is 2.95. The minimum Gasteiger partial charge on any atom is -0.385 e. The second-order valence-electron chi connectivity index (χ2n) is 6.75. The van der Waals surface area contributed by atoms with Crippen LogP contribution in [0, 0.1) is 0 Å². The molecule has 0 aliphatic carbocycles. The van der Waals surface area contributed by atoms with E-state index in [0.717, 1.165) is 4.85 Å². The summed E-state index contributed by atoms with van der Waals surface area (Å²) in [6.07, 6.45) is 0. The average Bonchev–Trinajstić information content (AvgIpc) is 3.20. The van der Waals surface area contributed by atoms with Gasteiger partial charge in [-0.3, -0.25) is 9.10 Å². The summed E-state index contributed by atoms with van der Waals surface area (Å²) in [7, 11) is -2.34. The van der Waals surface area contributed by atoms with Crippen LogP contribution >= 0.6 is 11.6 Å². The second-order valence-corrected chi connectivity index (χ2v) is 9.16. The zero-order valence-corrected chi connectivity index (χ0v) is 18.4. The van der Waals surface area contributed by atoms with E-state index < -0.39 is 15.9 Å². The van der Waals surface area contributed by atoms with Crippen molar-refractivity contribution in [2.45, 2.75) is 4.90 Å². The van der Waals surface area contributed by atoms with Crippen molar-refractivity contribution in [3.05, 3.63) is 77.8 Å². The second kappa shape index (κ2) is 8.85. The number of anilines is 2. The van der Waals surface area contributed by atoms with Crippen LogP contribution in [-0.2, 0) is 14.8 Å². The van der Waals surface area contributed by atoms with Crippen LogP contribution in [0.1, 0.15) is 0 Å². The van der Waals surface area contributed by atoms with E-state index in [1.54, 1.807) is 60.7 Å². The molecule has 4 aromatic rings. The molecule has 0 aliphatic rings. The molecule has 1 amide bonds. The fourth-order valence-corrected chi connectivity index (χ4v) is 4.36. The maximum absolute atomic E-state index is 13.0. The topological polar surface area (TPSA) is 106 Å². The Morgan fingerprint density at radius 3 is 2.66 bits per heavy atom. The van der Waals surface area contributed by atoms with Gasteiger partial charge < -0.3 is 10.2 Å². The molecule has 0 atom stereocenters. The summed E-state index contributed by atoms with van der Waals surface area (Å²) in [5.74, 6) is -0.498. The van der Waals surface area contributed by atoms with Crippen molar-refractivity contribution in [3.63, 3.8) is 0 Å². The van der Waals surface area contributed by atoms with E-state index in [9.17, 15) is 13.2 Å². The van der Waals surface area contributed by atoms with E-state index >= 15 is 0 Å². The average molecular weight is 472 g/mol. The zero-order chi connectivity index (χ0) is 22.7. The van der Waals surface area contributed by atoms with Gasteiger partial charge in [-0.2, -0.15) is 0 Å². The van der Waals surface area contributed by atoms with E-state index in [0.29, 0.717) is 27.4 Å². The van der Waals surface area contributed by atoms with Crippen molar-refractivity contribution < 1.29 is 18.0 Å². The maximum Gasteiger partial charge on any atom is 0.265 e. The Kier molecular flexibility index (Phi) is 5.97. The fraction of sp³-hybridized carbons (Fsp3) is 0.0952. The molecule has 32 heavy (non-hydrogen) atoms. The maximum atomic E-state index is 13.0. The molecule has 164 valence electrons. The van der Waals surface area contributed by atoms with Crippen LogP contribution in [0.2, 0.25) is 5.02 Å². The SMILES string of the molecule is CN(c1ccccc1)S(=O)(=O)c1cccc(NC(=O)COn2nnc3ccc(Cl)cc32)c1. The first-order chi connectivity index (χ1) is 15.3. The van der Waals surface area contributed by atoms with E-state index in [1.165, 1.54) is 23.5 Å². The van der Waals surface area contributed by atoms with Gasteiger partial charge in [0.25, 0.3) is 15.9 Å². The summed E-state index contributed by atoms with van der Waals surface area (Å²) in [5, 5.41) is 10.9. The Bertz CT molecular complexity index is 1380. The molecule has 11 heteroatoms. The Balaban J connectivity index is 1.45. The molecule has 3 aromatic carbocycles.